The number of carbonyl (C=O) groups excluding carboxylic acids is 1. The Bertz CT molecular complexity index is 943. The molecule has 2 aliphatic rings. The van der Waals surface area contributed by atoms with E-state index < -0.39 is 0 Å². The molecule has 35 heavy (non-hydrogen) atoms. The van der Waals surface area contributed by atoms with Crippen molar-refractivity contribution in [3.63, 3.8) is 0 Å². The molecule has 0 spiro atoms. The molecule has 0 N–H and O–H groups in total. The summed E-state index contributed by atoms with van der Waals surface area (Å²) in [5, 5.41) is 0. The smallest absolute Gasteiger partial charge is 0.337 e. The average molecular weight is 479 g/mol. The topological polar surface area (TPSA) is 39.3 Å². The number of rotatable bonds is 8. The van der Waals surface area contributed by atoms with Crippen LogP contribution < -0.4 is 0 Å². The summed E-state index contributed by atoms with van der Waals surface area (Å²) in [5.74, 6) is -0.282. The molecule has 0 aromatic heterocycles. The monoisotopic (exact) mass is 478 g/mol. The number of piperazine rings is 2. The van der Waals surface area contributed by atoms with E-state index in [0.29, 0.717) is 17.6 Å². The van der Waals surface area contributed by atoms with E-state index in [1.807, 2.05) is 24.3 Å². The first kappa shape index (κ1) is 25.8. The van der Waals surface area contributed by atoms with Gasteiger partial charge in [-0.1, -0.05) is 43.3 Å². The van der Waals surface area contributed by atoms with Gasteiger partial charge in [-0.05, 0) is 49.2 Å². The van der Waals surface area contributed by atoms with Crippen LogP contribution in [0.3, 0.4) is 0 Å². The molecule has 0 unspecified atom stereocenters. The Morgan fingerprint density at radius 2 is 1.37 bits per heavy atom. The van der Waals surface area contributed by atoms with Crippen LogP contribution in [0.2, 0.25) is 0 Å². The van der Waals surface area contributed by atoms with Crippen molar-refractivity contribution in [2.24, 2.45) is 0 Å². The van der Waals surface area contributed by atoms with E-state index in [1.165, 1.54) is 50.0 Å². The second-order valence-electron chi connectivity index (χ2n) is 10.3. The zero-order valence-electron chi connectivity index (χ0n) is 21.9. The highest BCUT2D eigenvalue weighted by atomic mass is 16.5. The number of esters is 1. The lowest BCUT2D eigenvalue weighted by molar-refractivity contribution is 0.0290. The minimum atomic E-state index is -0.282. The molecule has 0 radical (unpaired) electrons. The van der Waals surface area contributed by atoms with Gasteiger partial charge >= 0.3 is 5.97 Å². The van der Waals surface area contributed by atoms with Crippen molar-refractivity contribution in [1.82, 2.24) is 19.6 Å². The third kappa shape index (κ3) is 6.91. The summed E-state index contributed by atoms with van der Waals surface area (Å²) in [6, 6.07) is 18.0. The maximum atomic E-state index is 11.7. The Morgan fingerprint density at radius 1 is 0.800 bits per heavy atom. The van der Waals surface area contributed by atoms with Gasteiger partial charge in [-0.15, -0.1) is 0 Å². The fraction of sp³-hybridized carbons (Fsp3) is 0.552. The number of benzene rings is 2. The average Bonchev–Trinajstić information content (AvgIpc) is 2.87. The summed E-state index contributed by atoms with van der Waals surface area (Å²) < 4.78 is 4.81. The fourth-order valence-corrected chi connectivity index (χ4v) is 5.59. The number of hydrogen-bond donors (Lipinski definition) is 0. The SMILES string of the molecule is CCN1CCN(Cc2cccc(CN3[C@H](C)CN(Cc4ccc(C(=O)OC)cc4)C[C@@H]3C)c2)CC1. The van der Waals surface area contributed by atoms with E-state index in [1.54, 1.807) is 0 Å². The number of nitrogens with zero attached hydrogens (tertiary/aromatic N) is 4. The lowest BCUT2D eigenvalue weighted by Crippen LogP contribution is -2.55. The first-order valence-electron chi connectivity index (χ1n) is 13.1. The highest BCUT2D eigenvalue weighted by Gasteiger charge is 2.29. The molecule has 0 saturated carbocycles. The van der Waals surface area contributed by atoms with Gasteiger partial charge in [0.05, 0.1) is 12.7 Å². The first-order valence-corrected chi connectivity index (χ1v) is 13.1. The van der Waals surface area contributed by atoms with Crippen molar-refractivity contribution in [3.05, 3.63) is 70.8 Å². The highest BCUT2D eigenvalue weighted by molar-refractivity contribution is 5.89. The van der Waals surface area contributed by atoms with Gasteiger partial charge in [0.1, 0.15) is 0 Å². The van der Waals surface area contributed by atoms with Crippen LogP contribution in [0.15, 0.2) is 48.5 Å². The maximum absolute atomic E-state index is 11.7. The van der Waals surface area contributed by atoms with Gasteiger partial charge in [-0.3, -0.25) is 14.7 Å². The van der Waals surface area contributed by atoms with E-state index in [2.05, 4.69) is 64.6 Å². The van der Waals surface area contributed by atoms with Gasteiger partial charge in [0.2, 0.25) is 0 Å². The molecule has 190 valence electrons. The van der Waals surface area contributed by atoms with E-state index >= 15 is 0 Å². The molecule has 2 saturated heterocycles. The third-order valence-corrected chi connectivity index (χ3v) is 7.63. The summed E-state index contributed by atoms with van der Waals surface area (Å²) in [7, 11) is 1.42. The van der Waals surface area contributed by atoms with Crippen LogP contribution >= 0.6 is 0 Å². The van der Waals surface area contributed by atoms with Gasteiger partial charge in [-0.2, -0.15) is 0 Å². The van der Waals surface area contributed by atoms with Gasteiger partial charge in [-0.25, -0.2) is 4.79 Å². The van der Waals surface area contributed by atoms with E-state index in [9.17, 15) is 4.79 Å². The van der Waals surface area contributed by atoms with Gasteiger partial charge in [0.15, 0.2) is 0 Å². The van der Waals surface area contributed by atoms with E-state index in [-0.39, 0.29) is 5.97 Å². The van der Waals surface area contributed by atoms with E-state index in [4.69, 9.17) is 4.74 Å². The van der Waals surface area contributed by atoms with Crippen LogP contribution in [0.25, 0.3) is 0 Å². The minimum Gasteiger partial charge on any atom is -0.465 e. The standard InChI is InChI=1S/C29H42N4O2/c1-5-30-13-15-31(16-14-30)21-26-7-6-8-27(17-26)22-33-23(2)18-32(19-24(33)3)20-25-9-11-28(12-10-25)29(34)35-4/h6-12,17,23-24H,5,13-16,18-22H2,1-4H3/t23-,24+. The number of hydrogen-bond acceptors (Lipinski definition) is 6. The normalized spacial score (nSPS) is 22.9. The minimum absolute atomic E-state index is 0.282. The molecular formula is C29H42N4O2. The van der Waals surface area contributed by atoms with Crippen LogP contribution in [-0.4, -0.2) is 90.6 Å². The maximum Gasteiger partial charge on any atom is 0.337 e. The van der Waals surface area contributed by atoms with Crippen molar-refractivity contribution in [3.8, 4) is 0 Å². The molecule has 6 heteroatoms. The molecule has 0 aliphatic carbocycles. The van der Waals surface area contributed by atoms with Crippen LogP contribution in [0.1, 0.15) is 47.8 Å². The van der Waals surface area contributed by atoms with Crippen LogP contribution in [0, 0.1) is 0 Å². The summed E-state index contributed by atoms with van der Waals surface area (Å²) in [5.41, 5.74) is 4.69. The summed E-state index contributed by atoms with van der Waals surface area (Å²) in [4.78, 5) is 22.0. The molecule has 2 aliphatic heterocycles. The number of likely N-dealkylation sites (N-methyl/N-ethyl adjacent to an activating group) is 1. The number of carbonyl (C=O) groups is 1. The predicted octanol–water partition coefficient (Wildman–Crippen LogP) is 3.71. The highest BCUT2D eigenvalue weighted by Crippen LogP contribution is 2.22. The van der Waals surface area contributed by atoms with E-state index in [0.717, 1.165) is 39.3 Å². The van der Waals surface area contributed by atoms with Crippen molar-refractivity contribution in [2.45, 2.75) is 52.5 Å². The Hall–Kier alpha value is -2.25. The van der Waals surface area contributed by atoms with Crippen molar-refractivity contribution >= 4 is 5.97 Å². The predicted molar refractivity (Wildman–Crippen MR) is 141 cm³/mol. The summed E-state index contributed by atoms with van der Waals surface area (Å²) in [6.45, 7) is 17.9. The van der Waals surface area contributed by atoms with Crippen LogP contribution in [0.4, 0.5) is 0 Å². The zero-order chi connectivity index (χ0) is 24.8. The number of ether oxygens (including phenoxy) is 1. The molecule has 6 nitrogen and oxygen atoms in total. The Morgan fingerprint density at radius 3 is 1.97 bits per heavy atom. The first-order chi connectivity index (χ1) is 16.9. The van der Waals surface area contributed by atoms with Crippen molar-refractivity contribution in [2.75, 3.05) is 52.9 Å². The van der Waals surface area contributed by atoms with Gasteiger partial charge in [0, 0.05) is 71.0 Å². The molecular weight excluding hydrogens is 436 g/mol. The molecule has 0 bridgehead atoms. The summed E-state index contributed by atoms with van der Waals surface area (Å²) in [6.07, 6.45) is 0. The van der Waals surface area contributed by atoms with Crippen molar-refractivity contribution < 1.29 is 9.53 Å². The van der Waals surface area contributed by atoms with Crippen LogP contribution in [0.5, 0.6) is 0 Å². The van der Waals surface area contributed by atoms with Crippen molar-refractivity contribution in [1.29, 1.82) is 0 Å². The molecule has 2 aromatic rings. The lowest BCUT2D eigenvalue weighted by Gasteiger charge is -2.44. The Balaban J connectivity index is 1.30. The quantitative estimate of drug-likeness (QED) is 0.539. The molecule has 2 fully saturated rings. The lowest BCUT2D eigenvalue weighted by atomic mass is 10.0. The zero-order valence-corrected chi connectivity index (χ0v) is 21.9. The molecule has 2 atom stereocenters. The second kappa shape index (κ2) is 12.1. The Labute approximate surface area is 211 Å². The summed E-state index contributed by atoms with van der Waals surface area (Å²) >= 11 is 0. The van der Waals surface area contributed by atoms with Gasteiger partial charge < -0.3 is 9.64 Å². The largest absolute Gasteiger partial charge is 0.465 e. The molecule has 0 amide bonds. The third-order valence-electron chi connectivity index (χ3n) is 7.63. The molecule has 2 heterocycles. The number of methoxy groups -OCH3 is 1. The Kier molecular flexibility index (Phi) is 8.95. The fourth-order valence-electron chi connectivity index (χ4n) is 5.59. The second-order valence-corrected chi connectivity index (χ2v) is 10.3. The molecule has 4 rings (SSSR count). The van der Waals surface area contributed by atoms with Crippen LogP contribution in [-0.2, 0) is 24.4 Å². The van der Waals surface area contributed by atoms with Gasteiger partial charge in [0.25, 0.3) is 0 Å². The molecule has 2 aromatic carbocycles.